The maximum Gasteiger partial charge on any atom is 0.238 e. The molecule has 1 aromatic rings. The molecule has 0 aromatic carbocycles. The number of aliphatic hydroxyl groups is 1. The van der Waals surface area contributed by atoms with Gasteiger partial charge in [-0.1, -0.05) is 26.2 Å². The van der Waals surface area contributed by atoms with Crippen molar-refractivity contribution >= 4 is 0 Å². The fourth-order valence-corrected chi connectivity index (χ4v) is 1.45. The summed E-state index contributed by atoms with van der Waals surface area (Å²) in [6.45, 7) is 2.13. The molecule has 4 nitrogen and oxygen atoms in total. The molecule has 0 bridgehead atoms. The molecule has 0 amide bonds. The lowest BCUT2D eigenvalue weighted by Gasteiger charge is -2.11. The average molecular weight is 210 g/mol. The maximum atomic E-state index is 9.88. The molecule has 4 heteroatoms. The molecule has 84 valence electrons. The van der Waals surface area contributed by atoms with Crippen molar-refractivity contribution in [3.8, 4) is 5.88 Å². The van der Waals surface area contributed by atoms with Gasteiger partial charge < -0.3 is 9.84 Å². The number of methoxy groups -OCH3 is 1. The smallest absolute Gasteiger partial charge is 0.238 e. The zero-order valence-electron chi connectivity index (χ0n) is 9.31. The standard InChI is InChI=1S/C11H18N2O2/c1-3-4-5-6-9(14)10-11(15-2)13-8-7-12-10/h7-9,14H,3-6H2,1-2H3. The van der Waals surface area contributed by atoms with Crippen LogP contribution in [0.3, 0.4) is 0 Å². The molecular weight excluding hydrogens is 192 g/mol. The summed E-state index contributed by atoms with van der Waals surface area (Å²) in [6, 6.07) is 0. The van der Waals surface area contributed by atoms with Gasteiger partial charge in [0.1, 0.15) is 11.8 Å². The van der Waals surface area contributed by atoms with E-state index in [1.165, 1.54) is 7.11 Å². The first-order valence-electron chi connectivity index (χ1n) is 5.32. The summed E-state index contributed by atoms with van der Waals surface area (Å²) in [6.07, 6.45) is 6.53. The molecule has 1 N–H and O–H groups in total. The number of rotatable bonds is 6. The summed E-state index contributed by atoms with van der Waals surface area (Å²) in [5, 5.41) is 9.88. The van der Waals surface area contributed by atoms with Gasteiger partial charge in [0.2, 0.25) is 5.88 Å². The van der Waals surface area contributed by atoms with Gasteiger partial charge in [0.25, 0.3) is 0 Å². The van der Waals surface area contributed by atoms with Crippen molar-refractivity contribution in [2.75, 3.05) is 7.11 Å². The van der Waals surface area contributed by atoms with Crippen LogP contribution in [0.1, 0.15) is 44.4 Å². The fourth-order valence-electron chi connectivity index (χ4n) is 1.45. The predicted octanol–water partition coefficient (Wildman–Crippen LogP) is 2.10. The van der Waals surface area contributed by atoms with Crippen molar-refractivity contribution < 1.29 is 9.84 Å². The molecule has 0 aliphatic carbocycles. The normalized spacial score (nSPS) is 12.5. The largest absolute Gasteiger partial charge is 0.480 e. The zero-order chi connectivity index (χ0) is 11.1. The highest BCUT2D eigenvalue weighted by atomic mass is 16.5. The Bertz CT molecular complexity index is 292. The van der Waals surface area contributed by atoms with Crippen LogP contribution in [0.4, 0.5) is 0 Å². The zero-order valence-corrected chi connectivity index (χ0v) is 9.31. The van der Waals surface area contributed by atoms with Crippen LogP contribution >= 0.6 is 0 Å². The summed E-state index contributed by atoms with van der Waals surface area (Å²) in [5.74, 6) is 0.418. The summed E-state index contributed by atoms with van der Waals surface area (Å²) >= 11 is 0. The molecule has 0 aliphatic heterocycles. The number of hydrogen-bond acceptors (Lipinski definition) is 4. The second-order valence-electron chi connectivity index (χ2n) is 3.46. The molecule has 0 saturated heterocycles. The molecule has 0 spiro atoms. The quantitative estimate of drug-likeness (QED) is 0.730. The highest BCUT2D eigenvalue weighted by Crippen LogP contribution is 2.23. The topological polar surface area (TPSA) is 55.2 Å². The molecule has 0 aliphatic rings. The molecule has 0 radical (unpaired) electrons. The van der Waals surface area contributed by atoms with E-state index in [9.17, 15) is 5.11 Å². The molecule has 1 rings (SSSR count). The molecule has 1 atom stereocenters. The number of aromatic nitrogens is 2. The van der Waals surface area contributed by atoms with Gasteiger partial charge in [-0.15, -0.1) is 0 Å². The van der Waals surface area contributed by atoms with E-state index in [0.29, 0.717) is 18.0 Å². The Kier molecular flexibility index (Phi) is 5.04. The number of aliphatic hydroxyl groups excluding tert-OH is 1. The summed E-state index contributed by atoms with van der Waals surface area (Å²) in [5.41, 5.74) is 0.538. The van der Waals surface area contributed by atoms with Gasteiger partial charge in [-0.2, -0.15) is 0 Å². The van der Waals surface area contributed by atoms with Gasteiger partial charge in [-0.25, -0.2) is 4.98 Å². The average Bonchev–Trinajstić information content (AvgIpc) is 2.29. The van der Waals surface area contributed by atoms with Crippen LogP contribution in [0.15, 0.2) is 12.4 Å². The third-order valence-corrected chi connectivity index (χ3v) is 2.28. The summed E-state index contributed by atoms with van der Waals surface area (Å²) in [7, 11) is 1.53. The van der Waals surface area contributed by atoms with Crippen molar-refractivity contribution in [3.63, 3.8) is 0 Å². The van der Waals surface area contributed by atoms with Gasteiger partial charge in [0.05, 0.1) is 7.11 Å². The highest BCUT2D eigenvalue weighted by Gasteiger charge is 2.14. The van der Waals surface area contributed by atoms with Gasteiger partial charge >= 0.3 is 0 Å². The van der Waals surface area contributed by atoms with Crippen LogP contribution in [0.5, 0.6) is 5.88 Å². The van der Waals surface area contributed by atoms with E-state index >= 15 is 0 Å². The maximum absolute atomic E-state index is 9.88. The minimum Gasteiger partial charge on any atom is -0.480 e. The van der Waals surface area contributed by atoms with E-state index in [-0.39, 0.29) is 0 Å². The Labute approximate surface area is 90.3 Å². The molecule has 1 aromatic heterocycles. The Balaban J connectivity index is 2.59. The van der Waals surface area contributed by atoms with Gasteiger partial charge in [0, 0.05) is 12.4 Å². The Morgan fingerprint density at radius 2 is 2.07 bits per heavy atom. The molecule has 0 fully saturated rings. The lowest BCUT2D eigenvalue weighted by Crippen LogP contribution is -2.04. The summed E-state index contributed by atoms with van der Waals surface area (Å²) < 4.78 is 5.04. The van der Waals surface area contributed by atoms with E-state index in [1.54, 1.807) is 12.4 Å². The van der Waals surface area contributed by atoms with Crippen molar-refractivity contribution in [1.29, 1.82) is 0 Å². The van der Waals surface area contributed by atoms with Crippen LogP contribution in [0, 0.1) is 0 Å². The first-order chi connectivity index (χ1) is 7.29. The van der Waals surface area contributed by atoms with Crippen LogP contribution in [0.25, 0.3) is 0 Å². The van der Waals surface area contributed by atoms with Crippen molar-refractivity contribution in [2.45, 2.75) is 38.7 Å². The van der Waals surface area contributed by atoms with E-state index in [0.717, 1.165) is 19.3 Å². The number of hydrogen-bond donors (Lipinski definition) is 1. The number of unbranched alkanes of at least 4 members (excludes halogenated alkanes) is 2. The lowest BCUT2D eigenvalue weighted by atomic mass is 10.1. The first kappa shape index (κ1) is 11.9. The first-order valence-corrected chi connectivity index (χ1v) is 5.32. The molecule has 0 saturated carbocycles. The van der Waals surface area contributed by atoms with E-state index in [1.807, 2.05) is 0 Å². The Hall–Kier alpha value is -1.16. The third-order valence-electron chi connectivity index (χ3n) is 2.28. The van der Waals surface area contributed by atoms with Crippen LogP contribution < -0.4 is 4.74 Å². The molecule has 15 heavy (non-hydrogen) atoms. The van der Waals surface area contributed by atoms with E-state index < -0.39 is 6.10 Å². The predicted molar refractivity (Wildman–Crippen MR) is 57.7 cm³/mol. The highest BCUT2D eigenvalue weighted by molar-refractivity contribution is 5.19. The fraction of sp³-hybridized carbons (Fsp3) is 0.636. The molecule has 1 heterocycles. The second-order valence-corrected chi connectivity index (χ2v) is 3.46. The Morgan fingerprint density at radius 1 is 1.33 bits per heavy atom. The van der Waals surface area contributed by atoms with Gasteiger partial charge in [0.15, 0.2) is 0 Å². The second kappa shape index (κ2) is 6.35. The van der Waals surface area contributed by atoms with Crippen LogP contribution in [-0.4, -0.2) is 22.2 Å². The van der Waals surface area contributed by atoms with Crippen LogP contribution in [0.2, 0.25) is 0 Å². The third kappa shape index (κ3) is 3.47. The SMILES string of the molecule is CCCCCC(O)c1nccnc1OC. The van der Waals surface area contributed by atoms with Gasteiger partial charge in [-0.05, 0) is 6.42 Å². The van der Waals surface area contributed by atoms with Gasteiger partial charge in [-0.3, -0.25) is 4.98 Å². The number of nitrogens with zero attached hydrogens (tertiary/aromatic N) is 2. The minimum atomic E-state index is -0.569. The summed E-state index contributed by atoms with van der Waals surface area (Å²) in [4.78, 5) is 8.09. The Morgan fingerprint density at radius 3 is 2.73 bits per heavy atom. The van der Waals surface area contributed by atoms with Crippen LogP contribution in [-0.2, 0) is 0 Å². The number of ether oxygens (including phenoxy) is 1. The lowest BCUT2D eigenvalue weighted by molar-refractivity contribution is 0.153. The van der Waals surface area contributed by atoms with E-state index in [4.69, 9.17) is 4.74 Å². The monoisotopic (exact) mass is 210 g/mol. The van der Waals surface area contributed by atoms with Crippen molar-refractivity contribution in [3.05, 3.63) is 18.1 Å². The van der Waals surface area contributed by atoms with E-state index in [2.05, 4.69) is 16.9 Å². The minimum absolute atomic E-state index is 0.418. The van der Waals surface area contributed by atoms with Crippen molar-refractivity contribution in [1.82, 2.24) is 9.97 Å². The molecular formula is C11H18N2O2. The molecule has 1 unspecified atom stereocenters. The van der Waals surface area contributed by atoms with Crippen molar-refractivity contribution in [2.24, 2.45) is 0 Å².